The lowest BCUT2D eigenvalue weighted by molar-refractivity contribution is 0.104. The topological polar surface area (TPSA) is 34.9 Å². The third kappa shape index (κ3) is 3.17. The lowest BCUT2D eigenvalue weighted by Crippen LogP contribution is -2.00. The van der Waals surface area contributed by atoms with E-state index in [0.29, 0.717) is 5.56 Å². The Hall–Kier alpha value is -2.30. The monoisotopic (exact) mass is 276 g/mol. The second-order valence-electron chi connectivity index (χ2n) is 4.67. The Bertz CT molecular complexity index is 660. The van der Waals surface area contributed by atoms with Crippen LogP contribution >= 0.6 is 0 Å². The van der Waals surface area contributed by atoms with Gasteiger partial charge in [0.15, 0.2) is 5.78 Å². The van der Waals surface area contributed by atoms with Crippen molar-refractivity contribution in [2.45, 2.75) is 19.9 Å². The number of hydrogen-bond acceptors (Lipinski definition) is 2. The lowest BCUT2D eigenvalue weighted by atomic mass is 10.1. The standard InChI is InChI=1S/C15H14F2N2O/c1-10(2)19-9-12(8-18-19)15(20)6-3-11-7-13(16)4-5-14(11)17/h3-10H,1-2H3. The summed E-state index contributed by atoms with van der Waals surface area (Å²) in [6.07, 6.45) is 5.54. The molecule has 20 heavy (non-hydrogen) atoms. The van der Waals surface area contributed by atoms with Crippen LogP contribution in [0.1, 0.15) is 35.8 Å². The zero-order valence-electron chi connectivity index (χ0n) is 11.2. The number of ketones is 1. The first-order chi connectivity index (χ1) is 9.47. The summed E-state index contributed by atoms with van der Waals surface area (Å²) >= 11 is 0. The van der Waals surface area contributed by atoms with Crippen LogP contribution in [0.5, 0.6) is 0 Å². The molecule has 1 aromatic carbocycles. The zero-order chi connectivity index (χ0) is 14.7. The van der Waals surface area contributed by atoms with Gasteiger partial charge in [-0.3, -0.25) is 9.48 Å². The smallest absolute Gasteiger partial charge is 0.189 e. The summed E-state index contributed by atoms with van der Waals surface area (Å²) in [7, 11) is 0. The minimum Gasteiger partial charge on any atom is -0.289 e. The Morgan fingerprint density at radius 2 is 2.10 bits per heavy atom. The van der Waals surface area contributed by atoms with Gasteiger partial charge in [-0.05, 0) is 44.2 Å². The summed E-state index contributed by atoms with van der Waals surface area (Å²) < 4.78 is 28.0. The molecular weight excluding hydrogens is 262 g/mol. The van der Waals surface area contributed by atoms with Gasteiger partial charge in [-0.15, -0.1) is 0 Å². The van der Waals surface area contributed by atoms with E-state index in [1.54, 1.807) is 10.9 Å². The third-order valence-corrected chi connectivity index (χ3v) is 2.79. The van der Waals surface area contributed by atoms with E-state index >= 15 is 0 Å². The fourth-order valence-corrected chi connectivity index (χ4v) is 1.65. The van der Waals surface area contributed by atoms with Crippen molar-refractivity contribution in [1.29, 1.82) is 0 Å². The molecule has 0 N–H and O–H groups in total. The van der Waals surface area contributed by atoms with E-state index in [0.717, 1.165) is 18.2 Å². The molecule has 3 nitrogen and oxygen atoms in total. The van der Waals surface area contributed by atoms with E-state index in [1.165, 1.54) is 18.3 Å². The van der Waals surface area contributed by atoms with Crippen LogP contribution in [0.3, 0.4) is 0 Å². The van der Waals surface area contributed by atoms with Crippen molar-refractivity contribution in [3.05, 3.63) is 59.4 Å². The number of carbonyl (C=O) groups excluding carboxylic acids is 1. The predicted molar refractivity (Wildman–Crippen MR) is 72.3 cm³/mol. The average Bonchev–Trinajstić information content (AvgIpc) is 2.89. The van der Waals surface area contributed by atoms with Gasteiger partial charge < -0.3 is 0 Å². The van der Waals surface area contributed by atoms with E-state index in [-0.39, 0.29) is 17.4 Å². The maximum absolute atomic E-state index is 13.4. The quantitative estimate of drug-likeness (QED) is 0.631. The fraction of sp³-hybridized carbons (Fsp3) is 0.200. The second-order valence-corrected chi connectivity index (χ2v) is 4.67. The first kappa shape index (κ1) is 14.1. The highest BCUT2D eigenvalue weighted by Gasteiger charge is 2.08. The molecule has 0 aliphatic rings. The second kappa shape index (κ2) is 5.77. The molecule has 1 heterocycles. The van der Waals surface area contributed by atoms with Crippen molar-refractivity contribution in [3.8, 4) is 0 Å². The van der Waals surface area contributed by atoms with Crippen molar-refractivity contribution in [3.63, 3.8) is 0 Å². The summed E-state index contributed by atoms with van der Waals surface area (Å²) in [6.45, 7) is 3.89. The molecule has 2 rings (SSSR count). The number of hydrogen-bond donors (Lipinski definition) is 0. The Labute approximate surface area is 115 Å². The van der Waals surface area contributed by atoms with Crippen molar-refractivity contribution in [2.75, 3.05) is 0 Å². The highest BCUT2D eigenvalue weighted by molar-refractivity contribution is 6.06. The van der Waals surface area contributed by atoms with Crippen molar-refractivity contribution < 1.29 is 13.6 Å². The van der Waals surface area contributed by atoms with Crippen LogP contribution in [0.4, 0.5) is 8.78 Å². The molecule has 5 heteroatoms. The van der Waals surface area contributed by atoms with Crippen LogP contribution in [0.25, 0.3) is 6.08 Å². The van der Waals surface area contributed by atoms with Gasteiger partial charge in [0.25, 0.3) is 0 Å². The molecule has 0 aliphatic carbocycles. The molecule has 0 spiro atoms. The molecule has 0 fully saturated rings. The van der Waals surface area contributed by atoms with Gasteiger partial charge >= 0.3 is 0 Å². The van der Waals surface area contributed by atoms with Gasteiger partial charge in [0, 0.05) is 17.8 Å². The normalized spacial score (nSPS) is 11.4. The number of benzene rings is 1. The molecule has 0 saturated heterocycles. The van der Waals surface area contributed by atoms with E-state index in [2.05, 4.69) is 5.10 Å². The van der Waals surface area contributed by atoms with Crippen LogP contribution in [0.2, 0.25) is 0 Å². The summed E-state index contributed by atoms with van der Waals surface area (Å²) in [6, 6.07) is 3.25. The number of aromatic nitrogens is 2. The molecular formula is C15H14F2N2O. The summed E-state index contributed by atoms with van der Waals surface area (Å²) in [5, 5.41) is 4.05. The first-order valence-corrected chi connectivity index (χ1v) is 6.19. The van der Waals surface area contributed by atoms with Crippen molar-refractivity contribution in [2.24, 2.45) is 0 Å². The number of halogens is 2. The molecule has 0 unspecified atom stereocenters. The largest absolute Gasteiger partial charge is 0.289 e. The SMILES string of the molecule is CC(C)n1cc(C(=O)C=Cc2cc(F)ccc2F)cn1. The van der Waals surface area contributed by atoms with Crippen LogP contribution in [0.15, 0.2) is 36.7 Å². The van der Waals surface area contributed by atoms with Gasteiger partial charge in [0.05, 0.1) is 11.8 Å². The Morgan fingerprint density at radius 3 is 2.75 bits per heavy atom. The summed E-state index contributed by atoms with van der Waals surface area (Å²) in [5.74, 6) is -1.43. The molecule has 2 aromatic rings. The molecule has 104 valence electrons. The fourth-order valence-electron chi connectivity index (χ4n) is 1.65. The summed E-state index contributed by atoms with van der Waals surface area (Å²) in [5.41, 5.74) is 0.446. The van der Waals surface area contributed by atoms with Gasteiger partial charge in [0.2, 0.25) is 0 Å². The first-order valence-electron chi connectivity index (χ1n) is 6.19. The number of allylic oxidation sites excluding steroid dienone is 1. The Kier molecular flexibility index (Phi) is 4.08. The zero-order valence-corrected chi connectivity index (χ0v) is 11.2. The Morgan fingerprint density at radius 1 is 1.35 bits per heavy atom. The van der Waals surface area contributed by atoms with Crippen LogP contribution in [-0.4, -0.2) is 15.6 Å². The van der Waals surface area contributed by atoms with Gasteiger partial charge in [-0.25, -0.2) is 8.78 Å². The molecule has 0 saturated carbocycles. The van der Waals surface area contributed by atoms with E-state index in [9.17, 15) is 13.6 Å². The maximum Gasteiger partial charge on any atom is 0.189 e. The number of carbonyl (C=O) groups is 1. The maximum atomic E-state index is 13.4. The molecule has 0 radical (unpaired) electrons. The van der Waals surface area contributed by atoms with E-state index in [4.69, 9.17) is 0 Å². The van der Waals surface area contributed by atoms with Crippen LogP contribution < -0.4 is 0 Å². The van der Waals surface area contributed by atoms with E-state index in [1.807, 2.05) is 13.8 Å². The lowest BCUT2D eigenvalue weighted by Gasteiger charge is -2.02. The third-order valence-electron chi connectivity index (χ3n) is 2.79. The number of nitrogens with zero attached hydrogens (tertiary/aromatic N) is 2. The minimum atomic E-state index is -0.576. The van der Waals surface area contributed by atoms with Crippen LogP contribution in [-0.2, 0) is 0 Å². The van der Waals surface area contributed by atoms with Gasteiger partial charge in [0.1, 0.15) is 11.6 Å². The van der Waals surface area contributed by atoms with Crippen LogP contribution in [0, 0.1) is 11.6 Å². The Balaban J connectivity index is 2.18. The highest BCUT2D eigenvalue weighted by Crippen LogP contribution is 2.13. The summed E-state index contributed by atoms with van der Waals surface area (Å²) in [4.78, 5) is 11.9. The molecule has 0 bridgehead atoms. The van der Waals surface area contributed by atoms with Crippen molar-refractivity contribution >= 4 is 11.9 Å². The average molecular weight is 276 g/mol. The molecule has 0 amide bonds. The predicted octanol–water partition coefficient (Wildman–Crippen LogP) is 3.64. The molecule has 0 atom stereocenters. The van der Waals surface area contributed by atoms with Gasteiger partial charge in [-0.1, -0.05) is 0 Å². The molecule has 1 aromatic heterocycles. The number of rotatable bonds is 4. The highest BCUT2D eigenvalue weighted by atomic mass is 19.1. The minimum absolute atomic E-state index is 0.0367. The van der Waals surface area contributed by atoms with Gasteiger partial charge in [-0.2, -0.15) is 5.10 Å². The molecule has 0 aliphatic heterocycles. The van der Waals surface area contributed by atoms with E-state index < -0.39 is 11.6 Å². The van der Waals surface area contributed by atoms with Crippen molar-refractivity contribution in [1.82, 2.24) is 9.78 Å².